The van der Waals surface area contributed by atoms with Crippen molar-refractivity contribution in [1.82, 2.24) is 0 Å². The Bertz CT molecular complexity index is 425. The average Bonchev–Trinajstić information content (AvgIpc) is 2.17. The Labute approximate surface area is 102 Å². The van der Waals surface area contributed by atoms with Gasteiger partial charge in [-0.3, -0.25) is 4.18 Å². The first-order valence-electron chi connectivity index (χ1n) is 5.14. The van der Waals surface area contributed by atoms with Gasteiger partial charge in [-0.05, 0) is 37.6 Å². The van der Waals surface area contributed by atoms with Crippen LogP contribution in [0.15, 0.2) is 29.2 Å². The minimum absolute atomic E-state index is 0.139. The van der Waals surface area contributed by atoms with E-state index in [-0.39, 0.29) is 11.0 Å². The molecule has 0 aliphatic heterocycles. The lowest BCUT2D eigenvalue weighted by molar-refractivity contribution is 0.217. The zero-order valence-electron chi connectivity index (χ0n) is 9.31. The highest BCUT2D eigenvalue weighted by atomic mass is 35.5. The maximum atomic E-state index is 11.8. The minimum atomic E-state index is -3.66. The van der Waals surface area contributed by atoms with Crippen molar-refractivity contribution in [3.8, 4) is 0 Å². The fourth-order valence-corrected chi connectivity index (χ4v) is 2.56. The maximum absolute atomic E-state index is 11.8. The Kier molecular flexibility index (Phi) is 4.77. The molecule has 90 valence electrons. The Hall–Kier alpha value is -0.580. The van der Waals surface area contributed by atoms with E-state index in [4.69, 9.17) is 15.8 Å². The van der Waals surface area contributed by atoms with Crippen LogP contribution < -0.4 is 0 Å². The van der Waals surface area contributed by atoms with E-state index >= 15 is 0 Å². The summed E-state index contributed by atoms with van der Waals surface area (Å²) in [5.41, 5.74) is 0. The molecule has 16 heavy (non-hydrogen) atoms. The second-order valence-corrected chi connectivity index (χ2v) is 5.61. The Morgan fingerprint density at radius 2 is 1.88 bits per heavy atom. The monoisotopic (exact) mass is 262 g/mol. The van der Waals surface area contributed by atoms with Crippen molar-refractivity contribution >= 4 is 21.7 Å². The van der Waals surface area contributed by atoms with Crippen LogP contribution in [-0.2, 0) is 14.3 Å². The molecule has 5 heteroatoms. The molecule has 0 spiro atoms. The molecule has 1 rings (SSSR count). The summed E-state index contributed by atoms with van der Waals surface area (Å²) in [7, 11) is -3.66. The van der Waals surface area contributed by atoms with Crippen molar-refractivity contribution in [3.05, 3.63) is 29.3 Å². The van der Waals surface area contributed by atoms with Gasteiger partial charge < -0.3 is 0 Å². The van der Waals surface area contributed by atoms with E-state index in [1.165, 1.54) is 24.3 Å². The molecule has 1 unspecified atom stereocenters. The first-order chi connectivity index (χ1) is 7.45. The van der Waals surface area contributed by atoms with Crippen molar-refractivity contribution < 1.29 is 12.6 Å². The highest BCUT2D eigenvalue weighted by Gasteiger charge is 2.18. The first-order valence-corrected chi connectivity index (χ1v) is 6.93. The number of hydrogen-bond donors (Lipinski definition) is 0. The molecule has 0 N–H and O–H groups in total. The molecule has 0 saturated carbocycles. The van der Waals surface area contributed by atoms with Gasteiger partial charge in [0.15, 0.2) is 0 Å². The SMILES string of the molecule is CCCC(C)OS(=O)(=O)c1ccc(Cl)cc1. The van der Waals surface area contributed by atoms with E-state index in [1.54, 1.807) is 6.92 Å². The molecule has 1 aromatic rings. The van der Waals surface area contributed by atoms with Gasteiger partial charge in [-0.1, -0.05) is 24.9 Å². The summed E-state index contributed by atoms with van der Waals surface area (Å²) >= 11 is 5.68. The second kappa shape index (κ2) is 5.66. The molecule has 0 aliphatic rings. The summed E-state index contributed by atoms with van der Waals surface area (Å²) in [5, 5.41) is 0.501. The maximum Gasteiger partial charge on any atom is 0.297 e. The van der Waals surface area contributed by atoms with Gasteiger partial charge in [-0.2, -0.15) is 8.42 Å². The van der Waals surface area contributed by atoms with E-state index in [9.17, 15) is 8.42 Å². The summed E-state index contributed by atoms with van der Waals surface area (Å²) in [6.07, 6.45) is 1.30. The van der Waals surface area contributed by atoms with E-state index in [0.717, 1.165) is 6.42 Å². The highest BCUT2D eigenvalue weighted by molar-refractivity contribution is 7.86. The van der Waals surface area contributed by atoms with Crippen molar-refractivity contribution in [3.63, 3.8) is 0 Å². The summed E-state index contributed by atoms with van der Waals surface area (Å²) < 4.78 is 28.6. The van der Waals surface area contributed by atoms with E-state index in [1.807, 2.05) is 6.92 Å². The molecule has 0 amide bonds. The standard InChI is InChI=1S/C11H15ClO3S/c1-3-4-9(2)15-16(13,14)11-7-5-10(12)6-8-11/h5-9H,3-4H2,1-2H3. The molecule has 3 nitrogen and oxygen atoms in total. The van der Waals surface area contributed by atoms with Crippen LogP contribution in [0.1, 0.15) is 26.7 Å². The summed E-state index contributed by atoms with van der Waals surface area (Å²) in [6.45, 7) is 3.73. The molecule has 0 radical (unpaired) electrons. The smallest absolute Gasteiger partial charge is 0.263 e. The molecule has 1 aromatic carbocycles. The van der Waals surface area contributed by atoms with E-state index < -0.39 is 10.1 Å². The van der Waals surface area contributed by atoms with Crippen molar-refractivity contribution in [1.29, 1.82) is 0 Å². The van der Waals surface area contributed by atoms with E-state index in [0.29, 0.717) is 11.4 Å². The fraction of sp³-hybridized carbons (Fsp3) is 0.455. The topological polar surface area (TPSA) is 43.4 Å². The van der Waals surface area contributed by atoms with Gasteiger partial charge in [0.1, 0.15) is 0 Å². The Morgan fingerprint density at radius 3 is 2.38 bits per heavy atom. The number of rotatable bonds is 5. The number of hydrogen-bond acceptors (Lipinski definition) is 3. The molecular weight excluding hydrogens is 248 g/mol. The predicted molar refractivity (Wildman–Crippen MR) is 64.1 cm³/mol. The molecule has 0 aliphatic carbocycles. The third-order valence-corrected chi connectivity index (χ3v) is 3.77. The van der Waals surface area contributed by atoms with Crippen LogP contribution in [0.25, 0.3) is 0 Å². The third kappa shape index (κ3) is 3.77. The normalized spacial score (nSPS) is 13.7. The lowest BCUT2D eigenvalue weighted by Gasteiger charge is -2.11. The summed E-state index contributed by atoms with van der Waals surface area (Å²) in [5.74, 6) is 0. The van der Waals surface area contributed by atoms with Gasteiger partial charge in [-0.15, -0.1) is 0 Å². The van der Waals surface area contributed by atoms with Crippen LogP contribution in [0.3, 0.4) is 0 Å². The van der Waals surface area contributed by atoms with Crippen LogP contribution in [-0.4, -0.2) is 14.5 Å². The van der Waals surface area contributed by atoms with Crippen LogP contribution >= 0.6 is 11.6 Å². The molecule has 0 fully saturated rings. The first kappa shape index (κ1) is 13.5. The lowest BCUT2D eigenvalue weighted by atomic mass is 10.2. The van der Waals surface area contributed by atoms with Crippen LogP contribution in [0, 0.1) is 0 Å². The zero-order chi connectivity index (χ0) is 12.2. The van der Waals surface area contributed by atoms with Gasteiger partial charge in [0.05, 0.1) is 11.0 Å². The third-order valence-electron chi connectivity index (χ3n) is 2.09. The number of halogens is 1. The summed E-state index contributed by atoms with van der Waals surface area (Å²) in [6, 6.07) is 5.94. The molecule has 0 aromatic heterocycles. The van der Waals surface area contributed by atoms with Crippen LogP contribution in [0.2, 0.25) is 5.02 Å². The average molecular weight is 263 g/mol. The van der Waals surface area contributed by atoms with Gasteiger partial charge in [-0.25, -0.2) is 0 Å². The molecule has 0 saturated heterocycles. The second-order valence-electron chi connectivity index (χ2n) is 3.60. The lowest BCUT2D eigenvalue weighted by Crippen LogP contribution is -2.15. The molecule has 1 atom stereocenters. The Balaban J connectivity index is 2.82. The van der Waals surface area contributed by atoms with Crippen LogP contribution in [0.4, 0.5) is 0 Å². The van der Waals surface area contributed by atoms with Gasteiger partial charge in [0.25, 0.3) is 10.1 Å². The van der Waals surface area contributed by atoms with Crippen molar-refractivity contribution in [2.45, 2.75) is 37.7 Å². The van der Waals surface area contributed by atoms with Crippen LogP contribution in [0.5, 0.6) is 0 Å². The fourth-order valence-electron chi connectivity index (χ4n) is 1.33. The number of benzene rings is 1. The van der Waals surface area contributed by atoms with Crippen molar-refractivity contribution in [2.75, 3.05) is 0 Å². The minimum Gasteiger partial charge on any atom is -0.263 e. The van der Waals surface area contributed by atoms with Gasteiger partial charge >= 0.3 is 0 Å². The largest absolute Gasteiger partial charge is 0.297 e. The van der Waals surface area contributed by atoms with E-state index in [2.05, 4.69) is 0 Å². The molecule has 0 bridgehead atoms. The Morgan fingerprint density at radius 1 is 1.31 bits per heavy atom. The molecule has 0 heterocycles. The molecular formula is C11H15ClO3S. The van der Waals surface area contributed by atoms with Gasteiger partial charge in [0, 0.05) is 5.02 Å². The van der Waals surface area contributed by atoms with Crippen molar-refractivity contribution in [2.24, 2.45) is 0 Å². The summed E-state index contributed by atoms with van der Waals surface area (Å²) in [4.78, 5) is 0.139. The zero-order valence-corrected chi connectivity index (χ0v) is 10.9. The highest BCUT2D eigenvalue weighted by Crippen LogP contribution is 2.18. The van der Waals surface area contributed by atoms with Gasteiger partial charge in [0.2, 0.25) is 0 Å². The predicted octanol–water partition coefficient (Wildman–Crippen LogP) is 3.23. The quantitative estimate of drug-likeness (QED) is 0.765.